The van der Waals surface area contributed by atoms with E-state index >= 15 is 0 Å². The average Bonchev–Trinajstić information content (AvgIpc) is 3.01. The van der Waals surface area contributed by atoms with Crippen LogP contribution in [0.1, 0.15) is 35.1 Å². The lowest BCUT2D eigenvalue weighted by molar-refractivity contribution is -0.131. The predicted octanol–water partition coefficient (Wildman–Crippen LogP) is 5.88. The third kappa shape index (κ3) is 3.13. The number of benzene rings is 3. The van der Waals surface area contributed by atoms with Gasteiger partial charge in [-0.3, -0.25) is 9.59 Å². The fourth-order valence-corrected chi connectivity index (χ4v) is 5.59. The van der Waals surface area contributed by atoms with Gasteiger partial charge in [0.1, 0.15) is 5.41 Å². The SMILES string of the molecule is O=C1CC(c2cccc(Cl)c2)C2(C(=O)Nc3cc(Cl)ccc32)C(c2ccccc2Cl)N1. The Labute approximate surface area is 194 Å². The lowest BCUT2D eigenvalue weighted by Gasteiger charge is -2.46. The molecule has 5 rings (SSSR count). The van der Waals surface area contributed by atoms with Crippen molar-refractivity contribution in [2.75, 3.05) is 5.32 Å². The topological polar surface area (TPSA) is 58.2 Å². The predicted molar refractivity (Wildman–Crippen MR) is 123 cm³/mol. The second-order valence-electron chi connectivity index (χ2n) is 7.85. The molecule has 2 aliphatic heterocycles. The average molecular weight is 472 g/mol. The molecule has 1 saturated heterocycles. The zero-order chi connectivity index (χ0) is 21.8. The summed E-state index contributed by atoms with van der Waals surface area (Å²) >= 11 is 19.1. The van der Waals surface area contributed by atoms with E-state index < -0.39 is 17.4 Å². The van der Waals surface area contributed by atoms with E-state index in [1.165, 1.54) is 0 Å². The van der Waals surface area contributed by atoms with Crippen molar-refractivity contribution < 1.29 is 9.59 Å². The molecule has 0 saturated carbocycles. The van der Waals surface area contributed by atoms with Crippen molar-refractivity contribution in [3.63, 3.8) is 0 Å². The first-order valence-electron chi connectivity index (χ1n) is 9.82. The van der Waals surface area contributed by atoms with Crippen LogP contribution < -0.4 is 10.6 Å². The summed E-state index contributed by atoms with van der Waals surface area (Å²) in [7, 11) is 0. The number of nitrogens with one attached hydrogen (secondary N) is 2. The Bertz CT molecular complexity index is 1230. The van der Waals surface area contributed by atoms with E-state index in [1.54, 1.807) is 24.3 Å². The highest BCUT2D eigenvalue weighted by molar-refractivity contribution is 6.32. The summed E-state index contributed by atoms with van der Waals surface area (Å²) in [5.41, 5.74) is 1.79. The van der Waals surface area contributed by atoms with E-state index in [1.807, 2.05) is 42.5 Å². The normalized spacial score (nSPS) is 24.6. The first-order valence-corrected chi connectivity index (χ1v) is 11.0. The van der Waals surface area contributed by atoms with Crippen LogP contribution in [0.3, 0.4) is 0 Å². The largest absolute Gasteiger partial charge is 0.348 e. The molecular formula is C24H17Cl3N2O2. The summed E-state index contributed by atoms with van der Waals surface area (Å²) < 4.78 is 0. The second kappa shape index (κ2) is 7.56. The number of carbonyl (C=O) groups excluding carboxylic acids is 2. The molecule has 3 atom stereocenters. The highest BCUT2D eigenvalue weighted by atomic mass is 35.5. The molecular weight excluding hydrogens is 455 g/mol. The van der Waals surface area contributed by atoms with Gasteiger partial charge < -0.3 is 10.6 Å². The zero-order valence-electron chi connectivity index (χ0n) is 16.2. The van der Waals surface area contributed by atoms with E-state index in [0.29, 0.717) is 26.3 Å². The summed E-state index contributed by atoms with van der Waals surface area (Å²) in [6.07, 6.45) is 0.136. The molecule has 7 heteroatoms. The molecule has 156 valence electrons. The molecule has 4 nitrogen and oxygen atoms in total. The van der Waals surface area contributed by atoms with Crippen LogP contribution in [0.4, 0.5) is 5.69 Å². The minimum absolute atomic E-state index is 0.136. The van der Waals surface area contributed by atoms with E-state index in [9.17, 15) is 9.59 Å². The Morgan fingerprint density at radius 3 is 2.42 bits per heavy atom. The van der Waals surface area contributed by atoms with Gasteiger partial charge in [-0.2, -0.15) is 0 Å². The molecule has 3 aromatic rings. The maximum Gasteiger partial charge on any atom is 0.238 e. The van der Waals surface area contributed by atoms with Crippen LogP contribution >= 0.6 is 34.8 Å². The van der Waals surface area contributed by atoms with E-state index in [2.05, 4.69) is 10.6 Å². The molecule has 0 aromatic heterocycles. The number of hydrogen-bond acceptors (Lipinski definition) is 2. The minimum atomic E-state index is -1.12. The van der Waals surface area contributed by atoms with Gasteiger partial charge in [0, 0.05) is 33.1 Å². The molecule has 0 radical (unpaired) electrons. The highest BCUT2D eigenvalue weighted by Gasteiger charge is 2.61. The minimum Gasteiger partial charge on any atom is -0.348 e. The third-order valence-corrected chi connectivity index (χ3v) is 7.03. The van der Waals surface area contributed by atoms with Crippen LogP contribution in [-0.4, -0.2) is 11.8 Å². The number of anilines is 1. The van der Waals surface area contributed by atoms with Crippen molar-refractivity contribution >= 4 is 52.3 Å². The van der Waals surface area contributed by atoms with Crippen LogP contribution in [-0.2, 0) is 15.0 Å². The van der Waals surface area contributed by atoms with Gasteiger partial charge in [-0.15, -0.1) is 0 Å². The Kier molecular flexibility index (Phi) is 4.97. The molecule has 3 unspecified atom stereocenters. The zero-order valence-corrected chi connectivity index (χ0v) is 18.4. The van der Waals surface area contributed by atoms with Crippen molar-refractivity contribution in [1.82, 2.24) is 5.32 Å². The fraction of sp³-hybridized carbons (Fsp3) is 0.167. The summed E-state index contributed by atoms with van der Waals surface area (Å²) in [5, 5.41) is 7.60. The maximum atomic E-state index is 13.8. The maximum absolute atomic E-state index is 13.8. The van der Waals surface area contributed by atoms with Gasteiger partial charge in [0.05, 0.1) is 6.04 Å². The smallest absolute Gasteiger partial charge is 0.238 e. The van der Waals surface area contributed by atoms with Crippen LogP contribution in [0.5, 0.6) is 0 Å². The van der Waals surface area contributed by atoms with Gasteiger partial charge in [0.2, 0.25) is 11.8 Å². The molecule has 0 aliphatic carbocycles. The monoisotopic (exact) mass is 470 g/mol. The van der Waals surface area contributed by atoms with Crippen molar-refractivity contribution in [2.45, 2.75) is 23.8 Å². The number of amides is 2. The quantitative estimate of drug-likeness (QED) is 0.490. The summed E-state index contributed by atoms with van der Waals surface area (Å²) in [6, 6.07) is 19.3. The van der Waals surface area contributed by atoms with Crippen LogP contribution in [0.2, 0.25) is 15.1 Å². The van der Waals surface area contributed by atoms with Crippen LogP contribution in [0.15, 0.2) is 66.7 Å². The van der Waals surface area contributed by atoms with Gasteiger partial charge >= 0.3 is 0 Å². The van der Waals surface area contributed by atoms with Gasteiger partial charge in [-0.25, -0.2) is 0 Å². The molecule has 2 heterocycles. The lowest BCUT2D eigenvalue weighted by Crippen LogP contribution is -2.56. The van der Waals surface area contributed by atoms with Crippen molar-refractivity contribution in [1.29, 1.82) is 0 Å². The Morgan fingerprint density at radius 2 is 1.65 bits per heavy atom. The van der Waals surface area contributed by atoms with Gasteiger partial charge in [-0.05, 0) is 47.0 Å². The van der Waals surface area contributed by atoms with Gasteiger partial charge in [0.15, 0.2) is 0 Å². The summed E-state index contributed by atoms with van der Waals surface area (Å²) in [6.45, 7) is 0. The van der Waals surface area contributed by atoms with Crippen molar-refractivity contribution in [2.24, 2.45) is 0 Å². The molecule has 2 aliphatic rings. The Hall–Kier alpha value is -2.53. The van der Waals surface area contributed by atoms with E-state index in [4.69, 9.17) is 34.8 Å². The van der Waals surface area contributed by atoms with Crippen LogP contribution in [0.25, 0.3) is 0 Å². The molecule has 31 heavy (non-hydrogen) atoms. The lowest BCUT2D eigenvalue weighted by atomic mass is 9.59. The highest BCUT2D eigenvalue weighted by Crippen LogP contribution is 2.58. The van der Waals surface area contributed by atoms with E-state index in [0.717, 1.165) is 11.1 Å². The number of carbonyl (C=O) groups is 2. The number of piperidine rings is 1. The summed E-state index contributed by atoms with van der Waals surface area (Å²) in [5.74, 6) is -0.820. The molecule has 2 N–H and O–H groups in total. The van der Waals surface area contributed by atoms with Gasteiger partial charge in [0.25, 0.3) is 0 Å². The molecule has 3 aromatic carbocycles. The number of hydrogen-bond donors (Lipinski definition) is 2. The summed E-state index contributed by atoms with van der Waals surface area (Å²) in [4.78, 5) is 26.7. The molecule has 0 bridgehead atoms. The molecule has 1 fully saturated rings. The first-order chi connectivity index (χ1) is 14.9. The van der Waals surface area contributed by atoms with Gasteiger partial charge in [-0.1, -0.05) is 71.2 Å². The second-order valence-corrected chi connectivity index (χ2v) is 9.13. The number of halogens is 3. The fourth-order valence-electron chi connectivity index (χ4n) is 4.98. The standard InChI is InChI=1S/C24H17Cl3N2O2/c25-14-5-3-4-13(10-14)18-12-21(30)29-22(16-6-1-2-7-19(16)27)24(18)17-9-8-15(26)11-20(17)28-23(24)31/h1-11,18,22H,12H2,(H,28,31)(H,29,30). The number of rotatable bonds is 2. The number of fused-ring (bicyclic) bond motifs is 2. The van der Waals surface area contributed by atoms with Crippen molar-refractivity contribution in [3.05, 3.63) is 98.5 Å². The first kappa shape index (κ1) is 20.4. The van der Waals surface area contributed by atoms with Crippen molar-refractivity contribution in [3.8, 4) is 0 Å². The van der Waals surface area contributed by atoms with Crippen LogP contribution in [0, 0.1) is 0 Å². The van der Waals surface area contributed by atoms with E-state index in [-0.39, 0.29) is 18.2 Å². The third-order valence-electron chi connectivity index (χ3n) is 6.22. The Balaban J connectivity index is 1.83. The molecule has 1 spiro atoms. The Morgan fingerprint density at radius 1 is 0.871 bits per heavy atom. The molecule has 2 amide bonds.